The Balaban J connectivity index is 1.60. The number of anilines is 1. The molecule has 1 aromatic carbocycles. The van der Waals surface area contributed by atoms with Crippen molar-refractivity contribution in [2.75, 3.05) is 31.5 Å². The van der Waals surface area contributed by atoms with E-state index in [0.29, 0.717) is 28.7 Å². The molecule has 3 rings (SSSR count). The van der Waals surface area contributed by atoms with Gasteiger partial charge in [-0.05, 0) is 23.8 Å². The molecule has 7 heteroatoms. The molecular weight excluding hydrogens is 359 g/mol. The monoisotopic (exact) mass is 378 g/mol. The van der Waals surface area contributed by atoms with E-state index >= 15 is 0 Å². The van der Waals surface area contributed by atoms with Crippen LogP contribution in [-0.4, -0.2) is 42.0 Å². The van der Waals surface area contributed by atoms with Gasteiger partial charge in [-0.2, -0.15) is 0 Å². The SMILES string of the molecule is O=C(CCN1CCNCC1c1cccnc1)Nc1c(Cl)cccc1Cl. The molecule has 25 heavy (non-hydrogen) atoms. The standard InChI is InChI=1S/C18H20Cl2N4O/c19-14-4-1-5-15(20)18(14)23-17(25)6-9-24-10-8-22-12-16(24)13-3-2-7-21-11-13/h1-5,7,11,16,22H,6,8-10,12H2,(H,23,25). The van der Waals surface area contributed by atoms with E-state index in [0.717, 1.165) is 25.2 Å². The highest BCUT2D eigenvalue weighted by atomic mass is 35.5. The molecule has 0 radical (unpaired) electrons. The zero-order chi connectivity index (χ0) is 17.6. The second kappa shape index (κ2) is 8.63. The first kappa shape index (κ1) is 18.1. The molecule has 1 aromatic heterocycles. The Morgan fingerprint density at radius 2 is 2.08 bits per heavy atom. The van der Waals surface area contributed by atoms with Gasteiger partial charge in [-0.3, -0.25) is 14.7 Å². The number of para-hydroxylation sites is 1. The lowest BCUT2D eigenvalue weighted by Crippen LogP contribution is -2.46. The van der Waals surface area contributed by atoms with Crippen LogP contribution in [0.4, 0.5) is 5.69 Å². The van der Waals surface area contributed by atoms with Crippen LogP contribution in [0.15, 0.2) is 42.7 Å². The molecular formula is C18H20Cl2N4O. The number of rotatable bonds is 5. The normalized spacial score (nSPS) is 18.1. The smallest absolute Gasteiger partial charge is 0.225 e. The number of nitrogens with zero attached hydrogens (tertiary/aromatic N) is 2. The van der Waals surface area contributed by atoms with E-state index in [9.17, 15) is 4.79 Å². The predicted molar refractivity (Wildman–Crippen MR) is 101 cm³/mol. The average molecular weight is 379 g/mol. The zero-order valence-corrected chi connectivity index (χ0v) is 15.2. The number of piperazine rings is 1. The number of hydrogen-bond donors (Lipinski definition) is 2. The van der Waals surface area contributed by atoms with Gasteiger partial charge in [0.2, 0.25) is 5.91 Å². The summed E-state index contributed by atoms with van der Waals surface area (Å²) in [6.07, 6.45) is 4.03. The summed E-state index contributed by atoms with van der Waals surface area (Å²) in [4.78, 5) is 18.8. The number of amides is 1. The number of benzene rings is 1. The Kier molecular flexibility index (Phi) is 6.26. The topological polar surface area (TPSA) is 57.3 Å². The second-order valence-corrected chi connectivity index (χ2v) is 6.75. The number of hydrogen-bond acceptors (Lipinski definition) is 4. The highest BCUT2D eigenvalue weighted by Gasteiger charge is 2.24. The van der Waals surface area contributed by atoms with Crippen molar-refractivity contribution in [2.45, 2.75) is 12.5 Å². The van der Waals surface area contributed by atoms with Gasteiger partial charge in [0.25, 0.3) is 0 Å². The molecule has 1 fully saturated rings. The lowest BCUT2D eigenvalue weighted by atomic mass is 10.1. The van der Waals surface area contributed by atoms with Gasteiger partial charge in [0.15, 0.2) is 0 Å². The van der Waals surface area contributed by atoms with Crippen LogP contribution in [0.1, 0.15) is 18.0 Å². The Morgan fingerprint density at radius 3 is 2.80 bits per heavy atom. The first-order valence-electron chi connectivity index (χ1n) is 8.23. The first-order valence-corrected chi connectivity index (χ1v) is 8.99. The van der Waals surface area contributed by atoms with Crippen LogP contribution in [0, 0.1) is 0 Å². The van der Waals surface area contributed by atoms with E-state index < -0.39 is 0 Å². The van der Waals surface area contributed by atoms with Crippen molar-refractivity contribution in [2.24, 2.45) is 0 Å². The molecule has 1 unspecified atom stereocenters. The van der Waals surface area contributed by atoms with Gasteiger partial charge in [0.05, 0.1) is 15.7 Å². The summed E-state index contributed by atoms with van der Waals surface area (Å²) in [6.45, 7) is 3.31. The molecule has 1 aliphatic rings. The van der Waals surface area contributed by atoms with Gasteiger partial charge in [-0.15, -0.1) is 0 Å². The van der Waals surface area contributed by atoms with Crippen molar-refractivity contribution in [1.82, 2.24) is 15.2 Å². The van der Waals surface area contributed by atoms with Gasteiger partial charge in [0, 0.05) is 51.0 Å². The molecule has 2 aromatic rings. The van der Waals surface area contributed by atoms with Crippen LogP contribution in [0.5, 0.6) is 0 Å². The molecule has 1 aliphatic heterocycles. The fourth-order valence-corrected chi connectivity index (χ4v) is 3.47. The van der Waals surface area contributed by atoms with E-state index in [-0.39, 0.29) is 11.9 Å². The maximum atomic E-state index is 12.3. The van der Waals surface area contributed by atoms with E-state index in [4.69, 9.17) is 23.2 Å². The predicted octanol–water partition coefficient (Wildman–Crippen LogP) is 3.36. The van der Waals surface area contributed by atoms with Gasteiger partial charge >= 0.3 is 0 Å². The van der Waals surface area contributed by atoms with Crippen LogP contribution < -0.4 is 10.6 Å². The average Bonchev–Trinajstić information content (AvgIpc) is 2.64. The Bertz CT molecular complexity index is 706. The summed E-state index contributed by atoms with van der Waals surface area (Å²) in [5.74, 6) is -0.0986. The molecule has 1 amide bonds. The summed E-state index contributed by atoms with van der Waals surface area (Å²) < 4.78 is 0. The largest absolute Gasteiger partial charge is 0.324 e. The van der Waals surface area contributed by atoms with Crippen LogP contribution in [0.25, 0.3) is 0 Å². The fourth-order valence-electron chi connectivity index (χ4n) is 2.98. The number of halogens is 2. The molecule has 0 saturated carbocycles. The molecule has 132 valence electrons. The number of nitrogens with one attached hydrogen (secondary N) is 2. The summed E-state index contributed by atoms with van der Waals surface area (Å²) in [7, 11) is 0. The minimum atomic E-state index is -0.0986. The Labute approximate surface area is 157 Å². The molecule has 2 N–H and O–H groups in total. The third-order valence-corrected chi connectivity index (χ3v) is 4.91. The third kappa shape index (κ3) is 4.70. The van der Waals surface area contributed by atoms with E-state index in [1.54, 1.807) is 24.4 Å². The number of carbonyl (C=O) groups excluding carboxylic acids is 1. The van der Waals surface area contributed by atoms with Crippen molar-refractivity contribution in [3.8, 4) is 0 Å². The van der Waals surface area contributed by atoms with Gasteiger partial charge < -0.3 is 10.6 Å². The molecule has 0 aliphatic carbocycles. The second-order valence-electron chi connectivity index (χ2n) is 5.94. The fraction of sp³-hybridized carbons (Fsp3) is 0.333. The maximum absolute atomic E-state index is 12.3. The van der Waals surface area contributed by atoms with Crippen molar-refractivity contribution >= 4 is 34.8 Å². The number of aromatic nitrogens is 1. The first-order chi connectivity index (χ1) is 12.1. The molecule has 5 nitrogen and oxygen atoms in total. The van der Waals surface area contributed by atoms with Crippen molar-refractivity contribution in [1.29, 1.82) is 0 Å². The van der Waals surface area contributed by atoms with Crippen molar-refractivity contribution < 1.29 is 4.79 Å². The van der Waals surface area contributed by atoms with Crippen molar-refractivity contribution in [3.05, 3.63) is 58.3 Å². The highest BCUT2D eigenvalue weighted by molar-refractivity contribution is 6.39. The lowest BCUT2D eigenvalue weighted by Gasteiger charge is -2.36. The Hall–Kier alpha value is -1.66. The van der Waals surface area contributed by atoms with Crippen LogP contribution in [-0.2, 0) is 4.79 Å². The molecule has 0 spiro atoms. The minimum absolute atomic E-state index is 0.0986. The number of pyridine rings is 1. The molecule has 2 heterocycles. The van der Waals surface area contributed by atoms with Crippen LogP contribution in [0.2, 0.25) is 10.0 Å². The minimum Gasteiger partial charge on any atom is -0.324 e. The highest BCUT2D eigenvalue weighted by Crippen LogP contribution is 2.30. The van der Waals surface area contributed by atoms with Crippen LogP contribution in [0.3, 0.4) is 0 Å². The van der Waals surface area contributed by atoms with Crippen LogP contribution >= 0.6 is 23.2 Å². The zero-order valence-electron chi connectivity index (χ0n) is 13.7. The molecule has 1 saturated heterocycles. The quantitative estimate of drug-likeness (QED) is 0.837. The van der Waals surface area contributed by atoms with Gasteiger partial charge in [-0.25, -0.2) is 0 Å². The van der Waals surface area contributed by atoms with E-state index in [1.807, 2.05) is 12.3 Å². The van der Waals surface area contributed by atoms with E-state index in [2.05, 4.69) is 26.6 Å². The summed E-state index contributed by atoms with van der Waals surface area (Å²) in [6, 6.07) is 9.39. The number of carbonyl (C=O) groups is 1. The summed E-state index contributed by atoms with van der Waals surface area (Å²) in [5.41, 5.74) is 1.63. The molecule has 0 bridgehead atoms. The van der Waals surface area contributed by atoms with E-state index in [1.165, 1.54) is 0 Å². The van der Waals surface area contributed by atoms with Gasteiger partial charge in [0.1, 0.15) is 0 Å². The van der Waals surface area contributed by atoms with Gasteiger partial charge in [-0.1, -0.05) is 35.3 Å². The molecule has 1 atom stereocenters. The Morgan fingerprint density at radius 1 is 1.28 bits per heavy atom. The third-order valence-electron chi connectivity index (χ3n) is 4.28. The summed E-state index contributed by atoms with van der Waals surface area (Å²) in [5, 5.41) is 7.10. The lowest BCUT2D eigenvalue weighted by molar-refractivity contribution is -0.116. The maximum Gasteiger partial charge on any atom is 0.225 e. The van der Waals surface area contributed by atoms with Crippen molar-refractivity contribution in [3.63, 3.8) is 0 Å². The summed E-state index contributed by atoms with van der Waals surface area (Å²) >= 11 is 12.2.